The molecule has 1 aromatic heterocycles. The van der Waals surface area contributed by atoms with Crippen LogP contribution in [0.5, 0.6) is 23.0 Å². The highest BCUT2D eigenvalue weighted by molar-refractivity contribution is 6.14. The second-order valence-corrected chi connectivity index (χ2v) is 16.0. The number of benzene rings is 10. The third kappa shape index (κ3) is 5.64. The first-order valence-corrected chi connectivity index (χ1v) is 21.2. The number of rotatable bonds is 7. The van der Waals surface area contributed by atoms with E-state index in [0.29, 0.717) is 0 Å². The van der Waals surface area contributed by atoms with Gasteiger partial charge in [-0.05, 0) is 120 Å². The van der Waals surface area contributed by atoms with Crippen LogP contribution in [-0.4, -0.2) is 0 Å². The van der Waals surface area contributed by atoms with Crippen molar-refractivity contribution < 1.29 is 13.9 Å². The van der Waals surface area contributed by atoms with Crippen molar-refractivity contribution in [2.24, 2.45) is 0 Å². The average molecular weight is 809 g/mol. The molecule has 5 heteroatoms. The Balaban J connectivity index is 0.904. The highest BCUT2D eigenvalue weighted by Crippen LogP contribution is 2.56. The van der Waals surface area contributed by atoms with Crippen LogP contribution in [0.15, 0.2) is 223 Å². The fraction of sp³-hybridized carbons (Fsp3) is 0. The Morgan fingerprint density at radius 3 is 1.44 bits per heavy atom. The number of fused-ring (bicyclic) bond motifs is 7. The van der Waals surface area contributed by atoms with E-state index in [-0.39, 0.29) is 0 Å². The number of ether oxygens (including phenoxy) is 2. The maximum absolute atomic E-state index is 6.90. The average Bonchev–Trinajstić information content (AvgIpc) is 3.72. The van der Waals surface area contributed by atoms with Gasteiger partial charge in [0.15, 0.2) is 0 Å². The molecule has 11 aromatic rings. The van der Waals surface area contributed by atoms with Gasteiger partial charge in [0.2, 0.25) is 0 Å². The zero-order valence-electron chi connectivity index (χ0n) is 33.9. The van der Waals surface area contributed by atoms with E-state index in [0.717, 1.165) is 123 Å². The van der Waals surface area contributed by atoms with Crippen LogP contribution in [-0.2, 0) is 0 Å². The molecular weight excluding hydrogens is 773 g/mol. The van der Waals surface area contributed by atoms with E-state index in [4.69, 9.17) is 13.9 Å². The number of anilines is 6. The van der Waals surface area contributed by atoms with Crippen LogP contribution in [0.1, 0.15) is 0 Å². The monoisotopic (exact) mass is 808 g/mol. The molecule has 0 unspecified atom stereocenters. The lowest BCUT2D eigenvalue weighted by atomic mass is 9.88. The second-order valence-electron chi connectivity index (χ2n) is 16.0. The van der Waals surface area contributed by atoms with E-state index < -0.39 is 0 Å². The molecule has 10 aromatic carbocycles. The number of furan rings is 1. The third-order valence-corrected chi connectivity index (χ3v) is 12.4. The number of hydrogen-bond acceptors (Lipinski definition) is 5. The summed E-state index contributed by atoms with van der Waals surface area (Å²) in [4.78, 5) is 4.59. The molecule has 0 radical (unpaired) electrons. The molecule has 0 bridgehead atoms. The van der Waals surface area contributed by atoms with E-state index in [1.165, 1.54) is 0 Å². The van der Waals surface area contributed by atoms with Gasteiger partial charge < -0.3 is 23.7 Å². The Labute approximate surface area is 363 Å². The molecule has 0 spiro atoms. The topological polar surface area (TPSA) is 38.1 Å². The van der Waals surface area contributed by atoms with Crippen molar-refractivity contribution in [2.75, 3.05) is 9.80 Å². The molecular formula is C58H36N2O3. The first kappa shape index (κ1) is 35.2. The molecule has 0 N–H and O–H groups in total. The summed E-state index contributed by atoms with van der Waals surface area (Å²) in [6.07, 6.45) is 0. The zero-order chi connectivity index (χ0) is 41.4. The summed E-state index contributed by atoms with van der Waals surface area (Å²) >= 11 is 0. The summed E-state index contributed by atoms with van der Waals surface area (Å²) in [7, 11) is 0. The summed E-state index contributed by atoms with van der Waals surface area (Å²) in [6, 6.07) is 76.5. The van der Waals surface area contributed by atoms with Gasteiger partial charge in [-0.2, -0.15) is 0 Å². The Morgan fingerprint density at radius 1 is 0.286 bits per heavy atom. The van der Waals surface area contributed by atoms with Crippen LogP contribution in [0.4, 0.5) is 34.1 Å². The normalized spacial score (nSPS) is 12.1. The van der Waals surface area contributed by atoms with Crippen molar-refractivity contribution in [3.8, 4) is 56.4 Å². The lowest BCUT2D eigenvalue weighted by molar-refractivity contribution is 0.480. The molecule has 13 rings (SSSR count). The van der Waals surface area contributed by atoms with Gasteiger partial charge in [0, 0.05) is 78.8 Å². The smallest absolute Gasteiger partial charge is 0.137 e. The molecule has 296 valence electrons. The van der Waals surface area contributed by atoms with Crippen LogP contribution in [0.25, 0.3) is 66.1 Å². The molecule has 63 heavy (non-hydrogen) atoms. The van der Waals surface area contributed by atoms with Crippen molar-refractivity contribution in [1.29, 1.82) is 0 Å². The van der Waals surface area contributed by atoms with E-state index in [9.17, 15) is 0 Å². The SMILES string of the molecule is c1ccc(-c2ccccc2N(c2ccccc2)c2ccc3c(c2)Oc2ccc4c5c(ccc-3c25)Oc2cc(N(c3ccccc3)c3ccc5oc6ccccc6c5c3)ccc2-4)cc1. The van der Waals surface area contributed by atoms with Gasteiger partial charge in [0.1, 0.15) is 34.2 Å². The van der Waals surface area contributed by atoms with Crippen molar-refractivity contribution in [3.63, 3.8) is 0 Å². The summed E-state index contributed by atoms with van der Waals surface area (Å²) < 4.78 is 20.0. The summed E-state index contributed by atoms with van der Waals surface area (Å²) in [5.74, 6) is 3.24. The number of para-hydroxylation sites is 4. The largest absolute Gasteiger partial charge is 0.456 e. The molecule has 0 fully saturated rings. The Hall–Kier alpha value is -8.54. The predicted molar refractivity (Wildman–Crippen MR) is 257 cm³/mol. The fourth-order valence-electron chi connectivity index (χ4n) is 9.61. The molecule has 0 saturated carbocycles. The van der Waals surface area contributed by atoms with Crippen LogP contribution < -0.4 is 19.3 Å². The fourth-order valence-corrected chi connectivity index (χ4v) is 9.61. The molecule has 0 saturated heterocycles. The van der Waals surface area contributed by atoms with E-state index in [2.05, 4.69) is 210 Å². The predicted octanol–water partition coefficient (Wildman–Crippen LogP) is 16.9. The van der Waals surface area contributed by atoms with E-state index in [1.807, 2.05) is 18.2 Å². The molecule has 5 nitrogen and oxygen atoms in total. The summed E-state index contributed by atoms with van der Waals surface area (Å²) in [6.45, 7) is 0. The van der Waals surface area contributed by atoms with Gasteiger partial charge in [-0.1, -0.05) is 103 Å². The van der Waals surface area contributed by atoms with Crippen LogP contribution in [0, 0.1) is 0 Å². The maximum atomic E-state index is 6.90. The molecule has 0 atom stereocenters. The van der Waals surface area contributed by atoms with Gasteiger partial charge in [0.05, 0.1) is 5.69 Å². The lowest BCUT2D eigenvalue weighted by Crippen LogP contribution is -2.12. The number of hydrogen-bond donors (Lipinski definition) is 0. The second kappa shape index (κ2) is 14.0. The van der Waals surface area contributed by atoms with Crippen molar-refractivity contribution in [3.05, 3.63) is 218 Å². The summed E-state index contributed by atoms with van der Waals surface area (Å²) in [5.41, 5.74) is 14.6. The van der Waals surface area contributed by atoms with Gasteiger partial charge in [-0.15, -0.1) is 0 Å². The van der Waals surface area contributed by atoms with Crippen molar-refractivity contribution >= 4 is 66.8 Å². The van der Waals surface area contributed by atoms with Crippen LogP contribution in [0.2, 0.25) is 0 Å². The van der Waals surface area contributed by atoms with Crippen molar-refractivity contribution in [1.82, 2.24) is 0 Å². The minimum Gasteiger partial charge on any atom is -0.456 e. The molecule has 0 aliphatic carbocycles. The quantitative estimate of drug-likeness (QED) is 0.160. The zero-order valence-corrected chi connectivity index (χ0v) is 33.9. The van der Waals surface area contributed by atoms with Crippen LogP contribution >= 0.6 is 0 Å². The Bertz CT molecular complexity index is 3580. The highest BCUT2D eigenvalue weighted by Gasteiger charge is 2.30. The lowest BCUT2D eigenvalue weighted by Gasteiger charge is -2.31. The first-order valence-electron chi connectivity index (χ1n) is 21.2. The van der Waals surface area contributed by atoms with Gasteiger partial charge in [-0.25, -0.2) is 0 Å². The molecule has 2 aliphatic rings. The molecule has 3 heterocycles. The minimum atomic E-state index is 0.803. The van der Waals surface area contributed by atoms with Crippen molar-refractivity contribution in [2.45, 2.75) is 0 Å². The molecule has 0 amide bonds. The maximum Gasteiger partial charge on any atom is 0.137 e. The Morgan fingerprint density at radius 2 is 0.778 bits per heavy atom. The van der Waals surface area contributed by atoms with Gasteiger partial charge >= 0.3 is 0 Å². The standard InChI is InChI=1S/C58H36N2O3/c1-4-14-37(15-5-1)43-20-10-12-22-50(43)60(39-18-8-3-9-19-39)42-25-28-46-48-30-32-53-57-47(29-33-54(58(48)57)63-56(46)36-42)45-27-24-41(35-55(45)62-53)59(38-16-6-2-7-17-38)40-26-31-52-49(34-40)44-21-11-13-23-51(44)61-52/h1-36H. The minimum absolute atomic E-state index is 0.803. The van der Waals surface area contributed by atoms with Gasteiger partial charge in [0.25, 0.3) is 0 Å². The number of nitrogens with zero attached hydrogens (tertiary/aromatic N) is 2. The Kier molecular flexibility index (Phi) is 7.84. The van der Waals surface area contributed by atoms with Gasteiger partial charge in [-0.3, -0.25) is 0 Å². The van der Waals surface area contributed by atoms with E-state index in [1.54, 1.807) is 0 Å². The summed E-state index contributed by atoms with van der Waals surface area (Å²) in [5, 5.41) is 4.29. The molecule has 2 aliphatic heterocycles. The third-order valence-electron chi connectivity index (χ3n) is 12.4. The highest BCUT2D eigenvalue weighted by atomic mass is 16.5. The first-order chi connectivity index (χ1) is 31.2. The van der Waals surface area contributed by atoms with E-state index >= 15 is 0 Å². The van der Waals surface area contributed by atoms with Crippen LogP contribution in [0.3, 0.4) is 0 Å².